The largest absolute Gasteiger partial charge is 0.355 e. The van der Waals surface area contributed by atoms with Crippen LogP contribution in [0.25, 0.3) is 0 Å². The van der Waals surface area contributed by atoms with Gasteiger partial charge in [-0.1, -0.05) is 30.3 Å². The predicted molar refractivity (Wildman–Crippen MR) is 61.8 cm³/mol. The van der Waals surface area contributed by atoms with E-state index in [-0.39, 0.29) is 11.3 Å². The molecule has 16 heavy (non-hydrogen) atoms. The molecule has 3 nitrogen and oxygen atoms in total. The molecule has 1 N–H and O–H groups in total. The van der Waals surface area contributed by atoms with Gasteiger partial charge in [0.2, 0.25) is 5.91 Å². The Labute approximate surface area is 95.4 Å². The third-order valence-corrected chi connectivity index (χ3v) is 3.56. The lowest BCUT2D eigenvalue weighted by Crippen LogP contribution is -2.56. The average molecular weight is 216 g/mol. The van der Waals surface area contributed by atoms with Crippen molar-refractivity contribution >= 4 is 5.91 Å². The zero-order valence-electron chi connectivity index (χ0n) is 9.28. The summed E-state index contributed by atoms with van der Waals surface area (Å²) < 4.78 is 0. The number of carbonyl (C=O) groups is 1. The summed E-state index contributed by atoms with van der Waals surface area (Å²) in [6.45, 7) is 4.00. The minimum Gasteiger partial charge on any atom is -0.355 e. The molecule has 0 radical (unpaired) electrons. The van der Waals surface area contributed by atoms with E-state index < -0.39 is 0 Å². The number of rotatable bonds is 2. The zero-order valence-corrected chi connectivity index (χ0v) is 9.28. The van der Waals surface area contributed by atoms with Crippen LogP contribution < -0.4 is 5.32 Å². The van der Waals surface area contributed by atoms with Gasteiger partial charge in [-0.2, -0.15) is 0 Å². The summed E-state index contributed by atoms with van der Waals surface area (Å²) in [6.07, 6.45) is 0.721. The molecule has 2 heterocycles. The van der Waals surface area contributed by atoms with E-state index in [4.69, 9.17) is 0 Å². The minimum absolute atomic E-state index is 0.222. The monoisotopic (exact) mass is 216 g/mol. The van der Waals surface area contributed by atoms with Crippen molar-refractivity contribution in [3.8, 4) is 0 Å². The van der Waals surface area contributed by atoms with Crippen molar-refractivity contribution in [1.29, 1.82) is 0 Å². The van der Waals surface area contributed by atoms with Gasteiger partial charge >= 0.3 is 0 Å². The number of amides is 1. The number of nitrogens with zero attached hydrogens (tertiary/aromatic N) is 1. The van der Waals surface area contributed by atoms with Crippen molar-refractivity contribution in [2.45, 2.75) is 13.0 Å². The van der Waals surface area contributed by atoms with Gasteiger partial charge in [-0.3, -0.25) is 9.69 Å². The van der Waals surface area contributed by atoms with Crippen LogP contribution in [0.4, 0.5) is 0 Å². The van der Waals surface area contributed by atoms with E-state index in [0.29, 0.717) is 0 Å². The highest BCUT2D eigenvalue weighted by Gasteiger charge is 2.47. The predicted octanol–water partition coefficient (Wildman–Crippen LogP) is 1.01. The third kappa shape index (κ3) is 1.71. The molecule has 0 atom stereocenters. The molecule has 1 aromatic carbocycles. The van der Waals surface area contributed by atoms with Crippen LogP contribution in [-0.4, -0.2) is 30.4 Å². The molecule has 0 aliphatic carbocycles. The van der Waals surface area contributed by atoms with E-state index in [1.54, 1.807) is 0 Å². The van der Waals surface area contributed by atoms with Gasteiger partial charge in [-0.15, -0.1) is 0 Å². The molecule has 84 valence electrons. The standard InChI is InChI=1S/C13H16N2O/c16-12-6-13(8-14-12)9-15(10-13)7-11-4-2-1-3-5-11/h1-5H,6-10H2,(H,14,16). The van der Waals surface area contributed by atoms with E-state index in [2.05, 4.69) is 34.5 Å². The van der Waals surface area contributed by atoms with Crippen LogP contribution in [0.3, 0.4) is 0 Å². The number of likely N-dealkylation sites (tertiary alicyclic amines) is 1. The van der Waals surface area contributed by atoms with Crippen LogP contribution in [0.2, 0.25) is 0 Å². The van der Waals surface area contributed by atoms with Gasteiger partial charge in [0.15, 0.2) is 0 Å². The van der Waals surface area contributed by atoms with Gasteiger partial charge in [0.05, 0.1) is 0 Å². The summed E-state index contributed by atoms with van der Waals surface area (Å²) in [5.74, 6) is 0.222. The molecule has 3 heteroatoms. The topological polar surface area (TPSA) is 32.3 Å². The number of benzene rings is 1. The molecule has 1 spiro atoms. The number of hydrogen-bond acceptors (Lipinski definition) is 2. The summed E-state index contributed by atoms with van der Waals surface area (Å²) in [7, 11) is 0. The second-order valence-corrected chi connectivity index (χ2v) is 5.08. The molecule has 2 aliphatic rings. The molecule has 0 unspecified atom stereocenters. The molecule has 1 amide bonds. The Hall–Kier alpha value is -1.35. The molecule has 0 saturated carbocycles. The van der Waals surface area contributed by atoms with E-state index in [0.717, 1.165) is 32.6 Å². The zero-order chi connectivity index (χ0) is 11.0. The fraction of sp³-hybridized carbons (Fsp3) is 0.462. The lowest BCUT2D eigenvalue weighted by molar-refractivity contribution is -0.120. The number of nitrogens with one attached hydrogen (secondary N) is 1. The first-order chi connectivity index (χ1) is 7.76. The number of carbonyl (C=O) groups excluding carboxylic acids is 1. The Morgan fingerprint density at radius 1 is 1.25 bits per heavy atom. The number of hydrogen-bond donors (Lipinski definition) is 1. The Balaban J connectivity index is 1.56. The highest BCUT2D eigenvalue weighted by molar-refractivity contribution is 5.79. The Kier molecular flexibility index (Phi) is 2.21. The highest BCUT2D eigenvalue weighted by Crippen LogP contribution is 2.37. The first-order valence-electron chi connectivity index (χ1n) is 5.79. The SMILES string of the molecule is O=C1CC2(CN1)CN(Cc1ccccc1)C2. The maximum atomic E-state index is 11.2. The van der Waals surface area contributed by atoms with Gasteiger partial charge in [-0.05, 0) is 5.56 Å². The summed E-state index contributed by atoms with van der Waals surface area (Å²) >= 11 is 0. The maximum absolute atomic E-state index is 11.2. The van der Waals surface area contributed by atoms with Crippen LogP contribution >= 0.6 is 0 Å². The molecule has 2 fully saturated rings. The summed E-state index contributed by atoms with van der Waals surface area (Å²) in [5, 5.41) is 2.93. The van der Waals surface area contributed by atoms with Crippen molar-refractivity contribution in [3.05, 3.63) is 35.9 Å². The van der Waals surface area contributed by atoms with Crippen LogP contribution in [0, 0.1) is 5.41 Å². The second-order valence-electron chi connectivity index (χ2n) is 5.08. The van der Waals surface area contributed by atoms with Gasteiger partial charge < -0.3 is 5.32 Å². The Morgan fingerprint density at radius 3 is 2.62 bits per heavy atom. The first kappa shape index (κ1) is 9.85. The fourth-order valence-corrected chi connectivity index (χ4v) is 2.83. The van der Waals surface area contributed by atoms with E-state index >= 15 is 0 Å². The van der Waals surface area contributed by atoms with Crippen molar-refractivity contribution in [2.75, 3.05) is 19.6 Å². The van der Waals surface area contributed by atoms with Gasteiger partial charge in [0.25, 0.3) is 0 Å². The minimum atomic E-state index is 0.222. The van der Waals surface area contributed by atoms with Crippen LogP contribution in [-0.2, 0) is 11.3 Å². The normalized spacial score (nSPS) is 23.1. The fourth-order valence-electron chi connectivity index (χ4n) is 2.83. The van der Waals surface area contributed by atoms with Crippen LogP contribution in [0.5, 0.6) is 0 Å². The molecule has 2 aliphatic heterocycles. The highest BCUT2D eigenvalue weighted by atomic mass is 16.1. The van der Waals surface area contributed by atoms with Crippen molar-refractivity contribution in [1.82, 2.24) is 10.2 Å². The van der Waals surface area contributed by atoms with Gasteiger partial charge in [0, 0.05) is 38.0 Å². The summed E-state index contributed by atoms with van der Waals surface area (Å²) in [6, 6.07) is 10.5. The second kappa shape index (κ2) is 3.59. The summed E-state index contributed by atoms with van der Waals surface area (Å²) in [5.41, 5.74) is 1.61. The van der Waals surface area contributed by atoms with Gasteiger partial charge in [-0.25, -0.2) is 0 Å². The molecular weight excluding hydrogens is 200 g/mol. The summed E-state index contributed by atoms with van der Waals surface area (Å²) in [4.78, 5) is 13.6. The first-order valence-corrected chi connectivity index (χ1v) is 5.79. The van der Waals surface area contributed by atoms with Crippen LogP contribution in [0.1, 0.15) is 12.0 Å². The van der Waals surface area contributed by atoms with Crippen molar-refractivity contribution < 1.29 is 4.79 Å². The lowest BCUT2D eigenvalue weighted by Gasteiger charge is -2.47. The van der Waals surface area contributed by atoms with Gasteiger partial charge in [0.1, 0.15) is 0 Å². The van der Waals surface area contributed by atoms with Crippen molar-refractivity contribution in [3.63, 3.8) is 0 Å². The molecule has 3 rings (SSSR count). The maximum Gasteiger partial charge on any atom is 0.220 e. The van der Waals surface area contributed by atoms with E-state index in [9.17, 15) is 4.79 Å². The van der Waals surface area contributed by atoms with E-state index in [1.165, 1.54) is 5.56 Å². The van der Waals surface area contributed by atoms with Crippen molar-refractivity contribution in [2.24, 2.45) is 5.41 Å². The smallest absolute Gasteiger partial charge is 0.220 e. The quantitative estimate of drug-likeness (QED) is 0.800. The lowest BCUT2D eigenvalue weighted by atomic mass is 9.79. The van der Waals surface area contributed by atoms with E-state index in [1.807, 2.05) is 6.07 Å². The molecule has 1 aromatic rings. The average Bonchev–Trinajstić information content (AvgIpc) is 2.62. The Bertz CT molecular complexity index is 396. The Morgan fingerprint density at radius 2 is 2.00 bits per heavy atom. The molecule has 2 saturated heterocycles. The molecule has 0 aromatic heterocycles. The third-order valence-electron chi connectivity index (χ3n) is 3.56. The molecular formula is C13H16N2O. The van der Waals surface area contributed by atoms with Crippen LogP contribution in [0.15, 0.2) is 30.3 Å². The molecule has 0 bridgehead atoms.